The molecule has 0 aliphatic heterocycles. The third-order valence-electron chi connectivity index (χ3n) is 3.48. The monoisotopic (exact) mass is 459 g/mol. The summed E-state index contributed by atoms with van der Waals surface area (Å²) in [6, 6.07) is 7.91. The Bertz CT molecular complexity index is 1000. The van der Waals surface area contributed by atoms with Crippen LogP contribution in [0.4, 0.5) is 11.4 Å². The van der Waals surface area contributed by atoms with Crippen LogP contribution in [0.3, 0.4) is 0 Å². The predicted octanol–water partition coefficient (Wildman–Crippen LogP) is 3.06. The number of methoxy groups -OCH3 is 1. The molecule has 2 aromatic rings. The first kappa shape index (κ1) is 28.3. The molecular weight excluding hydrogens is 444 g/mol. The molecule has 0 unspecified atom stereocenters. The van der Waals surface area contributed by atoms with Gasteiger partial charge in [-0.1, -0.05) is 16.8 Å². The van der Waals surface area contributed by atoms with E-state index in [9.17, 15) is 18.3 Å². The van der Waals surface area contributed by atoms with Crippen LogP contribution in [-0.2, 0) is 10.1 Å². The smallest absolute Gasteiger partial charge is 0.337 e. The van der Waals surface area contributed by atoms with Crippen molar-refractivity contribution in [3.63, 3.8) is 0 Å². The van der Waals surface area contributed by atoms with Gasteiger partial charge in [0.05, 0.1) is 23.3 Å². The van der Waals surface area contributed by atoms with Crippen molar-refractivity contribution in [2.45, 2.75) is 11.8 Å². The quantitative estimate of drug-likeness (QED) is 0.282. The van der Waals surface area contributed by atoms with Crippen molar-refractivity contribution >= 4 is 98.2 Å². The zero-order valence-electron chi connectivity index (χ0n) is 16.3. The zero-order valence-corrected chi connectivity index (χ0v) is 21.9. The van der Waals surface area contributed by atoms with Crippen molar-refractivity contribution in [3.8, 4) is 5.75 Å². The van der Waals surface area contributed by atoms with Gasteiger partial charge in [0.2, 0.25) is 0 Å². The minimum Gasteiger partial charge on any atom is -0.494 e. The summed E-state index contributed by atoms with van der Waals surface area (Å²) in [5, 5.41) is 19.1. The van der Waals surface area contributed by atoms with Crippen molar-refractivity contribution in [1.29, 1.82) is 0 Å². The van der Waals surface area contributed by atoms with Crippen molar-refractivity contribution in [2.75, 3.05) is 18.7 Å². The maximum absolute atomic E-state index is 11.5. The Labute approximate surface area is 217 Å². The summed E-state index contributed by atoms with van der Waals surface area (Å²) >= 11 is 5.94. The number of anilines is 1. The van der Waals surface area contributed by atoms with E-state index in [1.54, 1.807) is 19.1 Å². The molecule has 0 saturated heterocycles. The third kappa shape index (κ3) is 7.50. The molecule has 146 valence electrons. The fraction of sp³-hybridized carbons (Fsp3) is 0.188. The molecule has 2 N–H and O–H groups in total. The zero-order chi connectivity index (χ0) is 20.2. The molecule has 13 heteroatoms. The molecule has 0 aromatic heterocycles. The first-order valence-electron chi connectivity index (χ1n) is 7.55. The van der Waals surface area contributed by atoms with Gasteiger partial charge < -0.3 is 9.84 Å². The molecule has 0 saturated carbocycles. The summed E-state index contributed by atoms with van der Waals surface area (Å²) in [6.07, 6.45) is 0. The molecule has 2 rings (SSSR count). The Balaban J connectivity index is 0.00000392. The van der Waals surface area contributed by atoms with E-state index < -0.39 is 21.0 Å². The summed E-state index contributed by atoms with van der Waals surface area (Å²) < 4.78 is 36.8. The van der Waals surface area contributed by atoms with Gasteiger partial charge in [0, 0.05) is 70.7 Å². The minimum atomic E-state index is -4.54. The second kappa shape index (κ2) is 12.2. The number of halogens is 1. The van der Waals surface area contributed by atoms with Gasteiger partial charge >= 0.3 is 5.97 Å². The SMILES string of the molecule is CCN(N=Nc1cc(Cl)ccc1OC)c1ccc(S(=O)(=O)O)cc1C(=O)O.[Na].[Na]. The van der Waals surface area contributed by atoms with Crippen LogP contribution in [-0.4, -0.2) is 96.8 Å². The van der Waals surface area contributed by atoms with E-state index in [1.807, 2.05) is 0 Å². The van der Waals surface area contributed by atoms with Crippen LogP contribution in [0, 0.1) is 0 Å². The topological polar surface area (TPSA) is 129 Å². The second-order valence-corrected chi connectivity index (χ2v) is 7.04. The van der Waals surface area contributed by atoms with Crippen LogP contribution in [0.2, 0.25) is 5.02 Å². The van der Waals surface area contributed by atoms with E-state index in [4.69, 9.17) is 20.9 Å². The van der Waals surface area contributed by atoms with Crippen molar-refractivity contribution in [1.82, 2.24) is 0 Å². The van der Waals surface area contributed by atoms with Gasteiger partial charge in [-0.2, -0.15) is 8.42 Å². The summed E-state index contributed by atoms with van der Waals surface area (Å²) in [6.45, 7) is 1.94. The Morgan fingerprint density at radius 3 is 2.38 bits per heavy atom. The van der Waals surface area contributed by atoms with E-state index in [0.29, 0.717) is 16.5 Å². The molecule has 2 aromatic carbocycles. The van der Waals surface area contributed by atoms with E-state index in [0.717, 1.165) is 12.1 Å². The summed E-state index contributed by atoms with van der Waals surface area (Å²) in [5.41, 5.74) is 0.0704. The number of benzene rings is 2. The van der Waals surface area contributed by atoms with Crippen molar-refractivity contribution in [3.05, 3.63) is 47.0 Å². The average Bonchev–Trinajstić information content (AvgIpc) is 2.61. The number of carboxylic acid groups (broad SMARTS) is 1. The Morgan fingerprint density at radius 2 is 1.86 bits per heavy atom. The average molecular weight is 460 g/mol. The molecule has 0 spiro atoms. The number of aromatic carboxylic acids is 1. The standard InChI is InChI=1S/C16H16ClN3O6S.2Na/c1-3-20(19-18-13-8-10(17)4-7-15(13)26-2)14-6-5-11(27(23,24)25)9-12(14)16(21)22;;/h4-9H,3H2,1-2H3,(H,21,22)(H,23,24,25);;. The normalized spacial score (nSPS) is 10.8. The number of carboxylic acids is 1. The minimum absolute atomic E-state index is 0. The number of nitrogens with zero attached hydrogens (tertiary/aromatic N) is 3. The molecule has 0 aliphatic rings. The molecule has 0 amide bonds. The maximum atomic E-state index is 11.5. The van der Waals surface area contributed by atoms with Gasteiger partial charge in [-0.3, -0.25) is 4.55 Å². The Kier molecular flexibility index (Phi) is 11.9. The number of ether oxygens (including phenoxy) is 1. The molecule has 9 nitrogen and oxygen atoms in total. The molecule has 29 heavy (non-hydrogen) atoms. The molecule has 0 heterocycles. The fourth-order valence-electron chi connectivity index (χ4n) is 2.20. The van der Waals surface area contributed by atoms with Gasteiger partial charge in [0.15, 0.2) is 0 Å². The van der Waals surface area contributed by atoms with Crippen LogP contribution in [0.15, 0.2) is 51.6 Å². The van der Waals surface area contributed by atoms with Crippen LogP contribution in [0.25, 0.3) is 0 Å². The van der Waals surface area contributed by atoms with Gasteiger partial charge in [0.25, 0.3) is 10.1 Å². The van der Waals surface area contributed by atoms with Crippen LogP contribution >= 0.6 is 11.6 Å². The van der Waals surface area contributed by atoms with E-state index >= 15 is 0 Å². The molecule has 0 fully saturated rings. The molecule has 0 bridgehead atoms. The molecule has 0 aliphatic carbocycles. The fourth-order valence-corrected chi connectivity index (χ4v) is 2.87. The number of hydrogen-bond donors (Lipinski definition) is 2. The van der Waals surface area contributed by atoms with Crippen molar-refractivity contribution < 1.29 is 27.6 Å². The molecule has 0 atom stereocenters. The first-order chi connectivity index (χ1) is 12.7. The largest absolute Gasteiger partial charge is 0.494 e. The number of hydrogen-bond acceptors (Lipinski definition) is 6. The number of rotatable bonds is 7. The summed E-state index contributed by atoms with van der Waals surface area (Å²) in [4.78, 5) is 11.0. The van der Waals surface area contributed by atoms with E-state index in [-0.39, 0.29) is 76.9 Å². The third-order valence-corrected chi connectivity index (χ3v) is 4.56. The van der Waals surface area contributed by atoms with E-state index in [2.05, 4.69) is 10.3 Å². The first-order valence-corrected chi connectivity index (χ1v) is 9.36. The second-order valence-electron chi connectivity index (χ2n) is 5.18. The van der Waals surface area contributed by atoms with Gasteiger partial charge in [-0.05, 0) is 43.3 Å². The van der Waals surface area contributed by atoms with Gasteiger partial charge in [-0.15, -0.1) is 5.11 Å². The summed E-state index contributed by atoms with van der Waals surface area (Å²) in [5.74, 6) is -0.969. The Hall–Kier alpha value is -0.690. The van der Waals surface area contributed by atoms with Crippen LogP contribution in [0.1, 0.15) is 17.3 Å². The predicted molar refractivity (Wildman–Crippen MR) is 110 cm³/mol. The van der Waals surface area contributed by atoms with Gasteiger partial charge in [-0.25, -0.2) is 9.80 Å². The van der Waals surface area contributed by atoms with Crippen molar-refractivity contribution in [2.24, 2.45) is 10.3 Å². The Morgan fingerprint density at radius 1 is 1.21 bits per heavy atom. The van der Waals surface area contributed by atoms with Crippen LogP contribution < -0.4 is 9.75 Å². The molecular formula is C16H16ClN3Na2O6S. The summed E-state index contributed by atoms with van der Waals surface area (Å²) in [7, 11) is -3.09. The van der Waals surface area contributed by atoms with Crippen LogP contribution in [0.5, 0.6) is 5.75 Å². The molecule has 2 radical (unpaired) electrons. The van der Waals surface area contributed by atoms with Gasteiger partial charge in [0.1, 0.15) is 11.4 Å². The maximum Gasteiger partial charge on any atom is 0.337 e. The van der Waals surface area contributed by atoms with E-state index in [1.165, 1.54) is 24.3 Å². The number of carbonyl (C=O) groups is 1.